The van der Waals surface area contributed by atoms with Crippen molar-refractivity contribution in [1.82, 2.24) is 9.88 Å². The summed E-state index contributed by atoms with van der Waals surface area (Å²) in [5, 5.41) is 3.29. The van der Waals surface area contributed by atoms with Gasteiger partial charge in [-0.15, -0.1) is 11.3 Å². The van der Waals surface area contributed by atoms with Gasteiger partial charge < -0.3 is 10.2 Å². The molecule has 0 radical (unpaired) electrons. The predicted octanol–water partition coefficient (Wildman–Crippen LogP) is 4.03. The summed E-state index contributed by atoms with van der Waals surface area (Å²) in [7, 11) is 1.52. The topological polar surface area (TPSA) is 62.3 Å². The van der Waals surface area contributed by atoms with Crippen LogP contribution in [0.5, 0.6) is 0 Å². The lowest BCUT2D eigenvalue weighted by atomic mass is 10.1. The molecule has 0 saturated heterocycles. The third-order valence-electron chi connectivity index (χ3n) is 4.14. The second kappa shape index (κ2) is 8.91. The minimum absolute atomic E-state index is 0.181. The zero-order valence-corrected chi connectivity index (χ0v) is 16.7. The van der Waals surface area contributed by atoms with Gasteiger partial charge in [-0.05, 0) is 42.8 Å². The first-order valence-corrected chi connectivity index (χ1v) is 9.65. The van der Waals surface area contributed by atoms with Crippen molar-refractivity contribution in [2.75, 3.05) is 18.9 Å². The van der Waals surface area contributed by atoms with Gasteiger partial charge in [0.1, 0.15) is 16.5 Å². The molecule has 8 heteroatoms. The monoisotopic (exact) mass is 415 g/mol. The predicted molar refractivity (Wildman–Crippen MR) is 108 cm³/mol. The minimum Gasteiger partial charge on any atom is -0.332 e. The zero-order chi connectivity index (χ0) is 21.0. The van der Waals surface area contributed by atoms with Crippen LogP contribution in [0.3, 0.4) is 0 Å². The smallest absolute Gasteiger partial charge is 0.266 e. The number of carbonyl (C=O) groups is 2. The molecule has 0 saturated carbocycles. The van der Waals surface area contributed by atoms with Gasteiger partial charge in [-0.1, -0.05) is 18.2 Å². The van der Waals surface area contributed by atoms with E-state index in [4.69, 9.17) is 0 Å². The maximum atomic E-state index is 13.2. The molecule has 0 unspecified atom stereocenters. The Kier molecular flexibility index (Phi) is 6.33. The highest BCUT2D eigenvalue weighted by Crippen LogP contribution is 2.22. The summed E-state index contributed by atoms with van der Waals surface area (Å²) in [5.74, 6) is -1.51. The number of aromatic nitrogens is 1. The molecule has 2 amide bonds. The van der Waals surface area contributed by atoms with Crippen molar-refractivity contribution in [2.45, 2.75) is 13.3 Å². The lowest BCUT2D eigenvalue weighted by molar-refractivity contribution is -0.116. The molecule has 0 bridgehead atoms. The van der Waals surface area contributed by atoms with Gasteiger partial charge in [0, 0.05) is 19.2 Å². The van der Waals surface area contributed by atoms with Crippen LogP contribution in [0.1, 0.15) is 25.9 Å². The Hall–Kier alpha value is -3.13. The van der Waals surface area contributed by atoms with Crippen LogP contribution in [0, 0.1) is 18.6 Å². The molecule has 3 rings (SSSR count). The van der Waals surface area contributed by atoms with Gasteiger partial charge in [0.05, 0.1) is 17.2 Å². The van der Waals surface area contributed by atoms with Crippen LogP contribution in [-0.4, -0.2) is 35.3 Å². The Balaban J connectivity index is 1.63. The number of hydrogen-bond donors (Lipinski definition) is 1. The standard InChI is InChI=1S/C21H19F2N3O2S/c1-13-20(29-19(24-13)10-14-6-8-15(22)9-7-14)21(28)26(2)12-18(27)25-17-5-3-4-16(23)11-17/h3-9,11H,10,12H2,1-2H3,(H,25,27). The number of thiazole rings is 1. The molecule has 3 aromatic rings. The molecule has 29 heavy (non-hydrogen) atoms. The van der Waals surface area contributed by atoms with Gasteiger partial charge in [0.2, 0.25) is 5.91 Å². The highest BCUT2D eigenvalue weighted by atomic mass is 32.1. The summed E-state index contributed by atoms with van der Waals surface area (Å²) in [6.45, 7) is 1.55. The molecule has 0 atom stereocenters. The number of likely N-dealkylation sites (N-methyl/N-ethyl adjacent to an activating group) is 1. The lowest BCUT2D eigenvalue weighted by Crippen LogP contribution is -2.34. The third-order valence-corrected chi connectivity index (χ3v) is 5.28. The van der Waals surface area contributed by atoms with E-state index in [9.17, 15) is 18.4 Å². The molecule has 0 aliphatic carbocycles. The van der Waals surface area contributed by atoms with E-state index >= 15 is 0 Å². The number of carbonyl (C=O) groups excluding carboxylic acids is 2. The Labute approximate surface area is 171 Å². The molecule has 1 aromatic heterocycles. The van der Waals surface area contributed by atoms with Crippen LogP contribution in [0.2, 0.25) is 0 Å². The fraction of sp³-hybridized carbons (Fsp3) is 0.190. The molecule has 150 valence electrons. The number of rotatable bonds is 6. The molecular formula is C21H19F2N3O2S. The number of aryl methyl sites for hydroxylation is 1. The number of hydrogen-bond acceptors (Lipinski definition) is 4. The van der Waals surface area contributed by atoms with E-state index in [1.54, 1.807) is 25.1 Å². The number of nitrogens with one attached hydrogen (secondary N) is 1. The second-order valence-electron chi connectivity index (χ2n) is 6.55. The van der Waals surface area contributed by atoms with Crippen molar-refractivity contribution < 1.29 is 18.4 Å². The van der Waals surface area contributed by atoms with E-state index in [0.29, 0.717) is 22.7 Å². The maximum Gasteiger partial charge on any atom is 0.266 e. The molecule has 0 spiro atoms. The van der Waals surface area contributed by atoms with E-state index in [1.807, 2.05) is 0 Å². The Morgan fingerprint density at radius 1 is 1.10 bits per heavy atom. The highest BCUT2D eigenvalue weighted by molar-refractivity contribution is 7.13. The summed E-state index contributed by atoms with van der Waals surface area (Å²) in [5.41, 5.74) is 1.79. The van der Waals surface area contributed by atoms with Crippen LogP contribution < -0.4 is 5.32 Å². The first-order valence-electron chi connectivity index (χ1n) is 8.83. The summed E-state index contributed by atoms with van der Waals surface area (Å²) in [4.78, 5) is 31.0. The number of amides is 2. The Bertz CT molecular complexity index is 1030. The molecule has 1 heterocycles. The van der Waals surface area contributed by atoms with Crippen LogP contribution in [-0.2, 0) is 11.2 Å². The SMILES string of the molecule is Cc1nc(Cc2ccc(F)cc2)sc1C(=O)N(C)CC(=O)Nc1cccc(F)c1. The van der Waals surface area contributed by atoms with Crippen molar-refractivity contribution in [3.63, 3.8) is 0 Å². The van der Waals surface area contributed by atoms with Gasteiger partial charge in [-0.3, -0.25) is 9.59 Å². The number of halogens is 2. The van der Waals surface area contributed by atoms with E-state index in [-0.39, 0.29) is 18.3 Å². The number of anilines is 1. The van der Waals surface area contributed by atoms with Crippen LogP contribution in [0.25, 0.3) is 0 Å². The fourth-order valence-electron chi connectivity index (χ4n) is 2.73. The van der Waals surface area contributed by atoms with E-state index in [0.717, 1.165) is 10.6 Å². The quantitative estimate of drug-likeness (QED) is 0.661. The molecule has 0 fully saturated rings. The first-order chi connectivity index (χ1) is 13.8. The van der Waals surface area contributed by atoms with Gasteiger partial charge in [-0.2, -0.15) is 0 Å². The van der Waals surface area contributed by atoms with E-state index < -0.39 is 11.7 Å². The van der Waals surface area contributed by atoms with Crippen molar-refractivity contribution in [3.05, 3.63) is 81.3 Å². The summed E-state index contributed by atoms with van der Waals surface area (Å²) >= 11 is 1.25. The molecule has 2 aromatic carbocycles. The van der Waals surface area contributed by atoms with Crippen LogP contribution in [0.15, 0.2) is 48.5 Å². The molecule has 1 N–H and O–H groups in total. The summed E-state index contributed by atoms with van der Waals surface area (Å²) in [6.07, 6.45) is 0.489. The average Bonchev–Trinajstić information content (AvgIpc) is 3.03. The Morgan fingerprint density at radius 3 is 2.52 bits per heavy atom. The Morgan fingerprint density at radius 2 is 1.83 bits per heavy atom. The molecule has 0 aliphatic heterocycles. The fourth-order valence-corrected chi connectivity index (χ4v) is 3.82. The van der Waals surface area contributed by atoms with Gasteiger partial charge in [0.25, 0.3) is 5.91 Å². The number of benzene rings is 2. The van der Waals surface area contributed by atoms with Crippen molar-refractivity contribution >= 4 is 28.8 Å². The molecular weight excluding hydrogens is 396 g/mol. The maximum absolute atomic E-state index is 13.2. The van der Waals surface area contributed by atoms with E-state index in [1.165, 1.54) is 53.6 Å². The summed E-state index contributed by atoms with van der Waals surface area (Å²) < 4.78 is 26.2. The summed E-state index contributed by atoms with van der Waals surface area (Å²) in [6, 6.07) is 11.7. The van der Waals surface area contributed by atoms with Gasteiger partial charge in [0.15, 0.2) is 0 Å². The van der Waals surface area contributed by atoms with Gasteiger partial charge in [-0.25, -0.2) is 13.8 Å². The van der Waals surface area contributed by atoms with Crippen LogP contribution >= 0.6 is 11.3 Å². The zero-order valence-electron chi connectivity index (χ0n) is 15.9. The first kappa shape index (κ1) is 20.6. The van der Waals surface area contributed by atoms with E-state index in [2.05, 4.69) is 10.3 Å². The molecule has 5 nitrogen and oxygen atoms in total. The second-order valence-corrected chi connectivity index (χ2v) is 7.63. The minimum atomic E-state index is -0.457. The van der Waals surface area contributed by atoms with Crippen LogP contribution in [0.4, 0.5) is 14.5 Å². The van der Waals surface area contributed by atoms with Gasteiger partial charge >= 0.3 is 0 Å². The third kappa shape index (κ3) is 5.45. The largest absolute Gasteiger partial charge is 0.332 e. The molecule has 0 aliphatic rings. The number of nitrogens with zero attached hydrogens (tertiary/aromatic N) is 2. The van der Waals surface area contributed by atoms with Crippen molar-refractivity contribution in [2.24, 2.45) is 0 Å². The van der Waals surface area contributed by atoms with Crippen molar-refractivity contribution in [1.29, 1.82) is 0 Å². The highest BCUT2D eigenvalue weighted by Gasteiger charge is 2.21. The average molecular weight is 415 g/mol. The van der Waals surface area contributed by atoms with Crippen molar-refractivity contribution in [3.8, 4) is 0 Å². The normalized spacial score (nSPS) is 10.6. The lowest BCUT2D eigenvalue weighted by Gasteiger charge is -2.16.